The standard InChI is InChI=1S/C25H16F3N5O/c26-25(27,28)18-7-3-6-17(13-18)24(34)31-19-8-4-5-16(14-19)22-10-12-30-23-15-21(32-33(22)23)20-9-1-2-11-29-20/h1-15H,(H,31,34). The molecule has 0 saturated heterocycles. The van der Waals surface area contributed by atoms with E-state index in [9.17, 15) is 18.0 Å². The predicted octanol–water partition coefficient (Wildman–Crippen LogP) is 5.73. The maximum Gasteiger partial charge on any atom is 0.416 e. The summed E-state index contributed by atoms with van der Waals surface area (Å²) in [5.41, 5.74) is 2.93. The molecule has 34 heavy (non-hydrogen) atoms. The molecule has 3 heterocycles. The molecule has 3 aromatic heterocycles. The summed E-state index contributed by atoms with van der Waals surface area (Å²) in [6.07, 6.45) is -1.19. The number of halogens is 3. The van der Waals surface area contributed by atoms with Gasteiger partial charge in [0.25, 0.3) is 5.91 Å². The molecule has 0 saturated carbocycles. The predicted molar refractivity (Wildman–Crippen MR) is 121 cm³/mol. The molecule has 6 nitrogen and oxygen atoms in total. The highest BCUT2D eigenvalue weighted by Crippen LogP contribution is 2.30. The van der Waals surface area contributed by atoms with Crippen molar-refractivity contribution in [1.82, 2.24) is 19.6 Å². The molecular formula is C25H16F3N5O. The van der Waals surface area contributed by atoms with E-state index >= 15 is 0 Å². The Hall–Kier alpha value is -4.53. The lowest BCUT2D eigenvalue weighted by atomic mass is 10.1. The molecule has 1 amide bonds. The topological polar surface area (TPSA) is 72.2 Å². The Morgan fingerprint density at radius 1 is 0.824 bits per heavy atom. The fraction of sp³-hybridized carbons (Fsp3) is 0.0400. The summed E-state index contributed by atoms with van der Waals surface area (Å²) in [6, 6.07) is 20.4. The van der Waals surface area contributed by atoms with Crippen molar-refractivity contribution < 1.29 is 18.0 Å². The lowest BCUT2D eigenvalue weighted by Crippen LogP contribution is -2.14. The van der Waals surface area contributed by atoms with E-state index in [1.54, 1.807) is 41.2 Å². The van der Waals surface area contributed by atoms with Gasteiger partial charge in [-0.15, -0.1) is 0 Å². The molecule has 0 aliphatic rings. The number of carbonyl (C=O) groups is 1. The first kappa shape index (κ1) is 21.3. The first-order valence-electron chi connectivity index (χ1n) is 10.2. The second-order valence-corrected chi connectivity index (χ2v) is 7.46. The van der Waals surface area contributed by atoms with Gasteiger partial charge in [0.15, 0.2) is 5.65 Å². The minimum Gasteiger partial charge on any atom is -0.322 e. The normalized spacial score (nSPS) is 11.5. The van der Waals surface area contributed by atoms with Crippen LogP contribution in [0.4, 0.5) is 18.9 Å². The Bertz CT molecular complexity index is 1500. The van der Waals surface area contributed by atoms with E-state index in [0.29, 0.717) is 22.7 Å². The van der Waals surface area contributed by atoms with Crippen molar-refractivity contribution in [2.45, 2.75) is 6.18 Å². The number of anilines is 1. The summed E-state index contributed by atoms with van der Waals surface area (Å²) in [6.45, 7) is 0. The SMILES string of the molecule is O=C(Nc1cccc(-c2ccnc3cc(-c4ccccn4)nn23)c1)c1cccc(C(F)(F)F)c1. The number of nitrogens with one attached hydrogen (secondary N) is 1. The van der Waals surface area contributed by atoms with Gasteiger partial charge >= 0.3 is 6.18 Å². The van der Waals surface area contributed by atoms with E-state index in [0.717, 1.165) is 23.4 Å². The number of amides is 1. The summed E-state index contributed by atoms with van der Waals surface area (Å²) in [5.74, 6) is -0.639. The average Bonchev–Trinajstić information content (AvgIpc) is 3.29. The lowest BCUT2D eigenvalue weighted by molar-refractivity contribution is -0.137. The number of benzene rings is 2. The van der Waals surface area contributed by atoms with Crippen LogP contribution in [0.3, 0.4) is 0 Å². The van der Waals surface area contributed by atoms with Crippen molar-refractivity contribution in [3.05, 3.63) is 102 Å². The molecule has 0 spiro atoms. The number of nitrogens with zero attached hydrogens (tertiary/aromatic N) is 4. The molecule has 168 valence electrons. The van der Waals surface area contributed by atoms with Crippen molar-refractivity contribution in [2.75, 3.05) is 5.32 Å². The molecule has 5 aromatic rings. The van der Waals surface area contributed by atoms with E-state index in [1.807, 2.05) is 30.3 Å². The molecular weight excluding hydrogens is 443 g/mol. The van der Waals surface area contributed by atoms with Crippen LogP contribution in [0, 0.1) is 0 Å². The van der Waals surface area contributed by atoms with Crippen molar-refractivity contribution in [3.63, 3.8) is 0 Å². The number of fused-ring (bicyclic) bond motifs is 1. The zero-order valence-electron chi connectivity index (χ0n) is 17.5. The highest BCUT2D eigenvalue weighted by Gasteiger charge is 2.30. The third-order valence-corrected chi connectivity index (χ3v) is 5.15. The Labute approximate surface area is 191 Å². The van der Waals surface area contributed by atoms with Crippen LogP contribution in [0.2, 0.25) is 0 Å². The molecule has 0 radical (unpaired) electrons. The van der Waals surface area contributed by atoms with Crippen molar-refractivity contribution in [1.29, 1.82) is 0 Å². The number of hydrogen-bond acceptors (Lipinski definition) is 4. The van der Waals surface area contributed by atoms with Crippen LogP contribution in [0.5, 0.6) is 0 Å². The maximum atomic E-state index is 13.0. The summed E-state index contributed by atoms with van der Waals surface area (Å²) >= 11 is 0. The van der Waals surface area contributed by atoms with Crippen LogP contribution in [-0.2, 0) is 6.18 Å². The Kier molecular flexibility index (Phi) is 5.29. The molecule has 0 fully saturated rings. The van der Waals surface area contributed by atoms with Gasteiger partial charge in [0.05, 0.1) is 17.0 Å². The fourth-order valence-corrected chi connectivity index (χ4v) is 3.55. The zero-order valence-corrected chi connectivity index (χ0v) is 17.5. The van der Waals surface area contributed by atoms with Gasteiger partial charge in [-0.3, -0.25) is 9.78 Å². The van der Waals surface area contributed by atoms with E-state index in [1.165, 1.54) is 12.1 Å². The number of aromatic nitrogens is 4. The minimum absolute atomic E-state index is 0.0846. The Balaban J connectivity index is 1.46. The van der Waals surface area contributed by atoms with Gasteiger partial charge in [-0.25, -0.2) is 9.50 Å². The van der Waals surface area contributed by atoms with Gasteiger partial charge < -0.3 is 5.32 Å². The molecule has 0 aliphatic carbocycles. The van der Waals surface area contributed by atoms with E-state index in [2.05, 4.69) is 20.4 Å². The summed E-state index contributed by atoms with van der Waals surface area (Å²) in [7, 11) is 0. The molecule has 0 aliphatic heterocycles. The second kappa shape index (κ2) is 8.43. The molecule has 5 rings (SSSR count). The first-order valence-corrected chi connectivity index (χ1v) is 10.2. The lowest BCUT2D eigenvalue weighted by Gasteiger charge is -2.11. The molecule has 2 aromatic carbocycles. The van der Waals surface area contributed by atoms with E-state index in [-0.39, 0.29) is 5.56 Å². The van der Waals surface area contributed by atoms with Crippen LogP contribution in [0.25, 0.3) is 28.3 Å². The molecule has 0 bridgehead atoms. The van der Waals surface area contributed by atoms with Gasteiger partial charge in [-0.2, -0.15) is 18.3 Å². The quantitative estimate of drug-likeness (QED) is 0.373. The largest absolute Gasteiger partial charge is 0.416 e. The Morgan fingerprint density at radius 2 is 1.68 bits per heavy atom. The van der Waals surface area contributed by atoms with Gasteiger partial charge in [0, 0.05) is 35.3 Å². The zero-order chi connectivity index (χ0) is 23.7. The fourth-order valence-electron chi connectivity index (χ4n) is 3.55. The van der Waals surface area contributed by atoms with Crippen molar-refractivity contribution in [3.8, 4) is 22.6 Å². The van der Waals surface area contributed by atoms with E-state index in [4.69, 9.17) is 0 Å². The highest BCUT2D eigenvalue weighted by molar-refractivity contribution is 6.04. The average molecular weight is 459 g/mol. The number of hydrogen-bond donors (Lipinski definition) is 1. The molecule has 0 unspecified atom stereocenters. The van der Waals surface area contributed by atoms with Crippen LogP contribution >= 0.6 is 0 Å². The summed E-state index contributed by atoms with van der Waals surface area (Å²) < 4.78 is 40.6. The summed E-state index contributed by atoms with van der Waals surface area (Å²) in [4.78, 5) is 21.3. The number of carbonyl (C=O) groups excluding carboxylic acids is 1. The smallest absolute Gasteiger partial charge is 0.322 e. The van der Waals surface area contributed by atoms with Gasteiger partial charge in [0.1, 0.15) is 5.69 Å². The maximum absolute atomic E-state index is 13.0. The van der Waals surface area contributed by atoms with Crippen molar-refractivity contribution >= 4 is 17.2 Å². The van der Waals surface area contributed by atoms with Gasteiger partial charge in [0.2, 0.25) is 0 Å². The van der Waals surface area contributed by atoms with Crippen LogP contribution in [-0.4, -0.2) is 25.5 Å². The van der Waals surface area contributed by atoms with E-state index < -0.39 is 17.6 Å². The van der Waals surface area contributed by atoms with Crippen molar-refractivity contribution in [2.24, 2.45) is 0 Å². The van der Waals surface area contributed by atoms with Crippen LogP contribution in [0.15, 0.2) is 91.3 Å². The minimum atomic E-state index is -4.53. The Morgan fingerprint density at radius 3 is 2.47 bits per heavy atom. The second-order valence-electron chi connectivity index (χ2n) is 7.46. The monoisotopic (exact) mass is 459 g/mol. The van der Waals surface area contributed by atoms with Gasteiger partial charge in [-0.05, 0) is 48.5 Å². The van der Waals surface area contributed by atoms with Gasteiger partial charge in [-0.1, -0.05) is 24.3 Å². The molecule has 9 heteroatoms. The summed E-state index contributed by atoms with van der Waals surface area (Å²) in [5, 5.41) is 7.29. The number of pyridine rings is 1. The molecule has 1 N–H and O–H groups in total. The number of rotatable bonds is 4. The molecule has 0 atom stereocenters. The highest BCUT2D eigenvalue weighted by atomic mass is 19.4. The van der Waals surface area contributed by atoms with Crippen LogP contribution in [0.1, 0.15) is 15.9 Å². The van der Waals surface area contributed by atoms with Crippen LogP contribution < -0.4 is 5.32 Å². The third kappa shape index (κ3) is 4.23. The number of alkyl halides is 3. The third-order valence-electron chi connectivity index (χ3n) is 5.15. The first-order chi connectivity index (χ1) is 16.4.